The molecule has 0 radical (unpaired) electrons. The molecule has 0 fully saturated rings. The minimum atomic E-state index is -0.374. The lowest BCUT2D eigenvalue weighted by Crippen LogP contribution is -2.09. The van der Waals surface area contributed by atoms with E-state index in [2.05, 4.69) is 9.97 Å². The maximum absolute atomic E-state index is 11.4. The first-order valence-corrected chi connectivity index (χ1v) is 4.69. The van der Waals surface area contributed by atoms with E-state index in [1.54, 1.807) is 6.92 Å². The van der Waals surface area contributed by atoms with E-state index < -0.39 is 0 Å². The Kier molecular flexibility index (Phi) is 4.12. The molecule has 14 heavy (non-hydrogen) atoms. The van der Waals surface area contributed by atoms with Crippen LogP contribution >= 0.6 is 0 Å². The molecule has 0 unspecified atom stereocenters. The number of aromatic nitrogens is 2. The number of ether oxygens (including phenoxy) is 1. The predicted octanol–water partition coefficient (Wildman–Crippen LogP) is 0.478. The van der Waals surface area contributed by atoms with Gasteiger partial charge >= 0.3 is 5.97 Å². The fourth-order valence-electron chi connectivity index (χ4n) is 1.17. The lowest BCUT2D eigenvalue weighted by atomic mass is 10.2. The van der Waals surface area contributed by atoms with E-state index >= 15 is 0 Å². The van der Waals surface area contributed by atoms with Crippen molar-refractivity contribution in [3.8, 4) is 0 Å². The van der Waals surface area contributed by atoms with Crippen LogP contribution in [0.15, 0.2) is 6.33 Å². The molecule has 1 rings (SSSR count). The van der Waals surface area contributed by atoms with Crippen LogP contribution in [0.2, 0.25) is 0 Å². The number of nitrogens with zero attached hydrogens (tertiary/aromatic N) is 1. The first kappa shape index (κ1) is 10.7. The molecule has 0 amide bonds. The van der Waals surface area contributed by atoms with E-state index in [-0.39, 0.29) is 5.97 Å². The highest BCUT2D eigenvalue weighted by Gasteiger charge is 2.14. The first-order chi connectivity index (χ1) is 6.79. The van der Waals surface area contributed by atoms with Gasteiger partial charge in [0.1, 0.15) is 0 Å². The van der Waals surface area contributed by atoms with Gasteiger partial charge in [0.25, 0.3) is 0 Å². The summed E-state index contributed by atoms with van der Waals surface area (Å²) in [5.41, 5.74) is 6.55. The van der Waals surface area contributed by atoms with Crippen LogP contribution in [0, 0.1) is 0 Å². The lowest BCUT2D eigenvalue weighted by molar-refractivity contribution is 0.0518. The number of H-pyrrole nitrogens is 1. The summed E-state index contributed by atoms with van der Waals surface area (Å²) in [6.07, 6.45) is 3.05. The van der Waals surface area contributed by atoms with Crippen molar-refractivity contribution < 1.29 is 9.53 Å². The summed E-state index contributed by atoms with van der Waals surface area (Å²) < 4.78 is 4.85. The maximum atomic E-state index is 11.4. The molecule has 0 atom stereocenters. The van der Waals surface area contributed by atoms with Gasteiger partial charge in [0, 0.05) is 5.69 Å². The van der Waals surface area contributed by atoms with Gasteiger partial charge in [0.2, 0.25) is 0 Å². The Balaban J connectivity index is 2.66. The van der Waals surface area contributed by atoms with Gasteiger partial charge in [-0.2, -0.15) is 0 Å². The van der Waals surface area contributed by atoms with Crippen molar-refractivity contribution in [2.24, 2.45) is 5.73 Å². The van der Waals surface area contributed by atoms with Crippen LogP contribution in [-0.4, -0.2) is 29.1 Å². The highest BCUT2D eigenvalue weighted by atomic mass is 16.5. The predicted molar refractivity (Wildman–Crippen MR) is 51.9 cm³/mol. The Morgan fingerprint density at radius 3 is 3.14 bits per heavy atom. The lowest BCUT2D eigenvalue weighted by Gasteiger charge is -2.01. The second-order valence-electron chi connectivity index (χ2n) is 2.84. The Morgan fingerprint density at radius 2 is 2.50 bits per heavy atom. The number of carbonyl (C=O) groups is 1. The van der Waals surface area contributed by atoms with Gasteiger partial charge in [-0.05, 0) is 26.3 Å². The van der Waals surface area contributed by atoms with Crippen LogP contribution in [0.1, 0.15) is 29.5 Å². The van der Waals surface area contributed by atoms with E-state index in [1.165, 1.54) is 6.33 Å². The number of aryl methyl sites for hydroxylation is 1. The number of imidazole rings is 1. The minimum absolute atomic E-state index is 0.363. The third-order valence-corrected chi connectivity index (χ3v) is 1.82. The molecule has 1 heterocycles. The van der Waals surface area contributed by atoms with Gasteiger partial charge in [-0.25, -0.2) is 9.78 Å². The third-order valence-electron chi connectivity index (χ3n) is 1.82. The second-order valence-corrected chi connectivity index (χ2v) is 2.84. The van der Waals surface area contributed by atoms with Crippen LogP contribution in [-0.2, 0) is 11.2 Å². The van der Waals surface area contributed by atoms with E-state index in [0.717, 1.165) is 18.5 Å². The molecule has 0 aliphatic heterocycles. The Hall–Kier alpha value is -1.36. The molecule has 0 spiro atoms. The molecule has 0 aliphatic carbocycles. The fourth-order valence-corrected chi connectivity index (χ4v) is 1.17. The van der Waals surface area contributed by atoms with E-state index in [4.69, 9.17) is 10.5 Å². The summed E-state index contributed by atoms with van der Waals surface area (Å²) >= 11 is 0. The first-order valence-electron chi connectivity index (χ1n) is 4.69. The van der Waals surface area contributed by atoms with Gasteiger partial charge in [0.05, 0.1) is 12.9 Å². The summed E-state index contributed by atoms with van der Waals surface area (Å²) in [5, 5.41) is 0. The van der Waals surface area contributed by atoms with Crippen LogP contribution < -0.4 is 5.73 Å². The molecule has 1 aromatic heterocycles. The van der Waals surface area contributed by atoms with Crippen molar-refractivity contribution in [3.63, 3.8) is 0 Å². The number of esters is 1. The Labute approximate surface area is 82.7 Å². The summed E-state index contributed by atoms with van der Waals surface area (Å²) in [7, 11) is 0. The third kappa shape index (κ3) is 2.56. The van der Waals surface area contributed by atoms with Crippen molar-refractivity contribution in [1.82, 2.24) is 9.97 Å². The number of hydrogen-bond donors (Lipinski definition) is 2. The molecule has 0 saturated carbocycles. The number of aromatic amines is 1. The smallest absolute Gasteiger partial charge is 0.358 e. The number of carbonyl (C=O) groups excluding carboxylic acids is 1. The SMILES string of the molecule is CCOC(=O)c1nc[nH]c1CCCN. The van der Waals surface area contributed by atoms with Gasteiger partial charge in [0.15, 0.2) is 5.69 Å². The topological polar surface area (TPSA) is 81.0 Å². The van der Waals surface area contributed by atoms with Gasteiger partial charge in [-0.3, -0.25) is 0 Å². The van der Waals surface area contributed by atoms with E-state index in [9.17, 15) is 4.79 Å². The molecule has 0 bridgehead atoms. The zero-order valence-electron chi connectivity index (χ0n) is 8.25. The van der Waals surface area contributed by atoms with Gasteiger partial charge < -0.3 is 15.5 Å². The standard InChI is InChI=1S/C9H15N3O2/c1-2-14-9(13)8-7(4-3-5-10)11-6-12-8/h6H,2-5,10H2,1H3,(H,11,12). The van der Waals surface area contributed by atoms with E-state index in [0.29, 0.717) is 18.8 Å². The second kappa shape index (κ2) is 5.39. The quantitative estimate of drug-likeness (QED) is 0.672. The molecule has 0 aromatic carbocycles. The average Bonchev–Trinajstić information content (AvgIpc) is 2.63. The van der Waals surface area contributed by atoms with Crippen LogP contribution in [0.25, 0.3) is 0 Å². The molecule has 1 aromatic rings. The fraction of sp³-hybridized carbons (Fsp3) is 0.556. The summed E-state index contributed by atoms with van der Waals surface area (Å²) in [6, 6.07) is 0. The van der Waals surface area contributed by atoms with Crippen molar-refractivity contribution in [2.45, 2.75) is 19.8 Å². The normalized spacial score (nSPS) is 10.1. The molecule has 0 aliphatic rings. The summed E-state index contributed by atoms with van der Waals surface area (Å²) in [5.74, 6) is -0.374. The molecular weight excluding hydrogens is 182 g/mol. The average molecular weight is 197 g/mol. The number of nitrogens with two attached hydrogens (primary N) is 1. The van der Waals surface area contributed by atoms with Gasteiger partial charge in [-0.15, -0.1) is 0 Å². The monoisotopic (exact) mass is 197 g/mol. The molecular formula is C9H15N3O2. The van der Waals surface area contributed by atoms with Crippen molar-refractivity contribution >= 4 is 5.97 Å². The number of rotatable bonds is 5. The molecule has 5 nitrogen and oxygen atoms in total. The van der Waals surface area contributed by atoms with E-state index in [1.807, 2.05) is 0 Å². The summed E-state index contributed by atoms with van der Waals surface area (Å²) in [6.45, 7) is 2.73. The largest absolute Gasteiger partial charge is 0.461 e. The van der Waals surface area contributed by atoms with Crippen LogP contribution in [0.5, 0.6) is 0 Å². The Bertz CT molecular complexity index is 296. The minimum Gasteiger partial charge on any atom is -0.461 e. The Morgan fingerprint density at radius 1 is 1.71 bits per heavy atom. The highest BCUT2D eigenvalue weighted by molar-refractivity contribution is 5.88. The van der Waals surface area contributed by atoms with Crippen LogP contribution in [0.3, 0.4) is 0 Å². The highest BCUT2D eigenvalue weighted by Crippen LogP contribution is 2.06. The maximum Gasteiger partial charge on any atom is 0.358 e. The zero-order valence-corrected chi connectivity index (χ0v) is 8.25. The molecule has 78 valence electrons. The number of hydrogen-bond acceptors (Lipinski definition) is 4. The molecule has 3 N–H and O–H groups in total. The summed E-state index contributed by atoms with van der Waals surface area (Å²) in [4.78, 5) is 18.2. The number of nitrogens with one attached hydrogen (secondary N) is 1. The zero-order chi connectivity index (χ0) is 10.4. The van der Waals surface area contributed by atoms with Crippen molar-refractivity contribution in [1.29, 1.82) is 0 Å². The van der Waals surface area contributed by atoms with Crippen molar-refractivity contribution in [3.05, 3.63) is 17.7 Å². The van der Waals surface area contributed by atoms with Gasteiger partial charge in [-0.1, -0.05) is 0 Å². The van der Waals surface area contributed by atoms with Crippen molar-refractivity contribution in [2.75, 3.05) is 13.2 Å². The molecule has 0 saturated heterocycles. The van der Waals surface area contributed by atoms with Crippen LogP contribution in [0.4, 0.5) is 0 Å². The molecule has 5 heteroatoms.